The average Bonchev–Trinajstić information content (AvgIpc) is 3.70. The fraction of sp³-hybridized carbons (Fsp3) is 0.423. The maximum absolute atomic E-state index is 12.8. The Labute approximate surface area is 219 Å². The van der Waals surface area contributed by atoms with Crippen molar-refractivity contribution in [3.05, 3.63) is 46.9 Å². The molecule has 6 heterocycles. The molecule has 1 amide bonds. The maximum Gasteiger partial charge on any atom is 0.264 e. The molecule has 2 aliphatic heterocycles. The highest BCUT2D eigenvalue weighted by Crippen LogP contribution is 2.27. The van der Waals surface area contributed by atoms with Gasteiger partial charge in [0.25, 0.3) is 5.91 Å². The minimum Gasteiger partial charge on any atom is -0.356 e. The molecule has 2 saturated heterocycles. The Morgan fingerprint density at radius 2 is 1.78 bits per heavy atom. The van der Waals surface area contributed by atoms with Gasteiger partial charge < -0.3 is 20.0 Å². The summed E-state index contributed by atoms with van der Waals surface area (Å²) in [6.45, 7) is 8.91. The van der Waals surface area contributed by atoms with Gasteiger partial charge >= 0.3 is 0 Å². The van der Waals surface area contributed by atoms with Crippen molar-refractivity contribution in [3.8, 4) is 0 Å². The number of nitrogens with zero attached hydrogens (tertiary/aromatic N) is 8. The van der Waals surface area contributed by atoms with Crippen LogP contribution in [-0.2, 0) is 0 Å². The highest BCUT2D eigenvalue weighted by atomic mass is 32.1. The molecule has 2 aliphatic rings. The third-order valence-corrected chi connectivity index (χ3v) is 7.80. The van der Waals surface area contributed by atoms with Gasteiger partial charge in [-0.25, -0.2) is 4.98 Å². The predicted octanol–water partition coefficient (Wildman–Crippen LogP) is 4.17. The SMILES string of the molecule is CC(C)n1ncc2cnc(Nc3cc(N4CCCC4)nc(N4CCN(C(=O)c5cccs5)CC4)n3)cc21. The number of aromatic nitrogens is 5. The van der Waals surface area contributed by atoms with E-state index in [1.807, 2.05) is 51.6 Å². The summed E-state index contributed by atoms with van der Waals surface area (Å²) >= 11 is 1.49. The molecule has 0 aromatic carbocycles. The first-order chi connectivity index (χ1) is 18.0. The van der Waals surface area contributed by atoms with Crippen LogP contribution in [0.4, 0.5) is 23.4 Å². The van der Waals surface area contributed by atoms with Crippen LogP contribution < -0.4 is 15.1 Å². The van der Waals surface area contributed by atoms with Crippen LogP contribution in [0.2, 0.25) is 0 Å². The van der Waals surface area contributed by atoms with Crippen molar-refractivity contribution in [3.63, 3.8) is 0 Å². The number of fused-ring (bicyclic) bond motifs is 1. The molecule has 0 saturated carbocycles. The van der Waals surface area contributed by atoms with Crippen LogP contribution >= 0.6 is 11.3 Å². The summed E-state index contributed by atoms with van der Waals surface area (Å²) in [6.07, 6.45) is 6.03. The summed E-state index contributed by atoms with van der Waals surface area (Å²) in [5.74, 6) is 3.15. The maximum atomic E-state index is 12.8. The zero-order chi connectivity index (χ0) is 25.4. The normalized spacial score (nSPS) is 16.2. The largest absolute Gasteiger partial charge is 0.356 e. The van der Waals surface area contributed by atoms with Crippen LogP contribution in [0.15, 0.2) is 42.0 Å². The third-order valence-electron chi connectivity index (χ3n) is 6.94. The quantitative estimate of drug-likeness (QED) is 0.407. The van der Waals surface area contributed by atoms with Gasteiger partial charge in [0.15, 0.2) is 0 Å². The lowest BCUT2D eigenvalue weighted by Gasteiger charge is -2.35. The molecule has 4 aromatic heterocycles. The Balaban J connectivity index is 1.25. The highest BCUT2D eigenvalue weighted by Gasteiger charge is 2.25. The Kier molecular flexibility index (Phi) is 6.37. The number of hydrogen-bond donors (Lipinski definition) is 1. The van der Waals surface area contributed by atoms with E-state index in [1.54, 1.807) is 0 Å². The second kappa shape index (κ2) is 9.97. The van der Waals surface area contributed by atoms with Gasteiger partial charge in [-0.2, -0.15) is 15.1 Å². The van der Waals surface area contributed by atoms with E-state index in [9.17, 15) is 4.79 Å². The molecular weight excluding hydrogens is 486 g/mol. The average molecular weight is 518 g/mol. The van der Waals surface area contributed by atoms with E-state index >= 15 is 0 Å². The van der Waals surface area contributed by atoms with Crippen molar-refractivity contribution in [2.45, 2.75) is 32.7 Å². The number of amides is 1. The fourth-order valence-electron chi connectivity index (χ4n) is 4.95. The van der Waals surface area contributed by atoms with Crippen LogP contribution in [-0.4, -0.2) is 74.8 Å². The van der Waals surface area contributed by atoms with Gasteiger partial charge in [0, 0.05) is 69.0 Å². The molecule has 0 bridgehead atoms. The molecular formula is C26H31N9OS. The number of nitrogens with one attached hydrogen (secondary N) is 1. The molecule has 4 aromatic rings. The van der Waals surface area contributed by atoms with Crippen molar-refractivity contribution in [1.29, 1.82) is 0 Å². The number of carbonyl (C=O) groups excluding carboxylic acids is 1. The van der Waals surface area contributed by atoms with E-state index in [0.717, 1.165) is 40.5 Å². The van der Waals surface area contributed by atoms with Crippen molar-refractivity contribution in [2.75, 3.05) is 54.4 Å². The number of anilines is 4. The lowest BCUT2D eigenvalue weighted by Crippen LogP contribution is -2.49. The van der Waals surface area contributed by atoms with Gasteiger partial charge in [0.1, 0.15) is 17.5 Å². The van der Waals surface area contributed by atoms with Gasteiger partial charge in [-0.1, -0.05) is 6.07 Å². The first kappa shape index (κ1) is 23.7. The smallest absolute Gasteiger partial charge is 0.264 e. The molecule has 6 rings (SSSR count). The van der Waals surface area contributed by atoms with Crippen molar-refractivity contribution in [2.24, 2.45) is 0 Å². The van der Waals surface area contributed by atoms with Gasteiger partial charge in [0.2, 0.25) is 5.95 Å². The van der Waals surface area contributed by atoms with Gasteiger partial charge in [-0.15, -0.1) is 11.3 Å². The topological polar surface area (TPSA) is 95.3 Å². The minimum absolute atomic E-state index is 0.103. The van der Waals surface area contributed by atoms with Crippen LogP contribution in [0.5, 0.6) is 0 Å². The summed E-state index contributed by atoms with van der Waals surface area (Å²) in [6, 6.07) is 8.10. The summed E-state index contributed by atoms with van der Waals surface area (Å²) < 4.78 is 2.00. The zero-order valence-corrected chi connectivity index (χ0v) is 22.0. The summed E-state index contributed by atoms with van der Waals surface area (Å²) in [5, 5.41) is 10.9. The molecule has 0 aliphatic carbocycles. The van der Waals surface area contributed by atoms with Crippen LogP contribution in [0.1, 0.15) is 42.4 Å². The predicted molar refractivity (Wildman–Crippen MR) is 147 cm³/mol. The monoisotopic (exact) mass is 517 g/mol. The number of carbonyl (C=O) groups is 1. The zero-order valence-electron chi connectivity index (χ0n) is 21.2. The minimum atomic E-state index is 0.103. The second-order valence-corrected chi connectivity index (χ2v) is 10.7. The first-order valence-corrected chi connectivity index (χ1v) is 13.8. The lowest BCUT2D eigenvalue weighted by molar-refractivity contribution is 0.0751. The molecule has 0 unspecified atom stereocenters. The Morgan fingerprint density at radius 3 is 2.51 bits per heavy atom. The Morgan fingerprint density at radius 1 is 0.973 bits per heavy atom. The Bertz CT molecular complexity index is 1390. The number of piperazine rings is 1. The van der Waals surface area contributed by atoms with E-state index in [0.29, 0.717) is 37.9 Å². The third kappa shape index (κ3) is 4.83. The van der Waals surface area contributed by atoms with Crippen LogP contribution in [0.25, 0.3) is 10.9 Å². The lowest BCUT2D eigenvalue weighted by atomic mass is 10.3. The molecule has 0 atom stereocenters. The number of thiophene rings is 1. The fourth-order valence-corrected chi connectivity index (χ4v) is 5.64. The highest BCUT2D eigenvalue weighted by molar-refractivity contribution is 7.12. The van der Waals surface area contributed by atoms with Gasteiger partial charge in [-0.3, -0.25) is 9.48 Å². The van der Waals surface area contributed by atoms with Gasteiger partial charge in [-0.05, 0) is 38.1 Å². The molecule has 37 heavy (non-hydrogen) atoms. The number of pyridine rings is 1. The van der Waals surface area contributed by atoms with Crippen molar-refractivity contribution in [1.82, 2.24) is 29.6 Å². The molecule has 2 fully saturated rings. The summed E-state index contributed by atoms with van der Waals surface area (Å²) in [5.41, 5.74) is 1.04. The van der Waals surface area contributed by atoms with E-state index < -0.39 is 0 Å². The summed E-state index contributed by atoms with van der Waals surface area (Å²) in [4.78, 5) is 34.4. The standard InChI is InChI=1S/C26H31N9OS/c1-18(2)35-20-14-22(27-16-19(20)17-28-35)29-23-15-24(32-7-3-4-8-32)31-26(30-23)34-11-9-33(10-12-34)25(36)21-6-5-13-37-21/h5-6,13-18H,3-4,7-12H2,1-2H3,(H,27,29,30,31). The molecule has 10 nitrogen and oxygen atoms in total. The van der Waals surface area contributed by atoms with E-state index in [2.05, 4.69) is 39.0 Å². The van der Waals surface area contributed by atoms with Crippen molar-refractivity contribution >= 4 is 51.5 Å². The van der Waals surface area contributed by atoms with Crippen LogP contribution in [0, 0.1) is 0 Å². The first-order valence-electron chi connectivity index (χ1n) is 12.9. The number of rotatable bonds is 6. The van der Waals surface area contributed by atoms with E-state index in [-0.39, 0.29) is 11.9 Å². The molecule has 1 N–H and O–H groups in total. The number of hydrogen-bond acceptors (Lipinski definition) is 9. The molecule has 0 spiro atoms. The summed E-state index contributed by atoms with van der Waals surface area (Å²) in [7, 11) is 0. The molecule has 0 radical (unpaired) electrons. The Hall–Kier alpha value is -3.73. The van der Waals surface area contributed by atoms with Crippen molar-refractivity contribution < 1.29 is 4.79 Å². The van der Waals surface area contributed by atoms with E-state index in [1.165, 1.54) is 24.2 Å². The molecule has 192 valence electrons. The van der Waals surface area contributed by atoms with Gasteiger partial charge in [0.05, 0.1) is 16.6 Å². The molecule has 11 heteroatoms. The van der Waals surface area contributed by atoms with Crippen LogP contribution in [0.3, 0.4) is 0 Å². The van der Waals surface area contributed by atoms with E-state index in [4.69, 9.17) is 9.97 Å². The second-order valence-electron chi connectivity index (χ2n) is 9.80.